The minimum atomic E-state index is -0.948. The third kappa shape index (κ3) is 6.40. The Morgan fingerprint density at radius 3 is 2.24 bits per heavy atom. The van der Waals surface area contributed by atoms with E-state index < -0.39 is 5.97 Å². The molecule has 0 bridgehead atoms. The van der Waals surface area contributed by atoms with Crippen molar-refractivity contribution in [2.45, 2.75) is 19.8 Å². The van der Waals surface area contributed by atoms with Crippen molar-refractivity contribution in [3.63, 3.8) is 0 Å². The molecule has 0 heterocycles. The molecule has 0 spiro atoms. The number of benzene rings is 1. The van der Waals surface area contributed by atoms with Crippen LogP contribution in [0.15, 0.2) is 30.3 Å². The number of carbonyl (C=O) groups is 1. The first-order valence-electron chi connectivity index (χ1n) is 5.67. The van der Waals surface area contributed by atoms with Crippen LogP contribution < -0.4 is 4.74 Å². The van der Waals surface area contributed by atoms with Crippen LogP contribution in [0.25, 0.3) is 6.08 Å². The molecule has 1 aromatic rings. The van der Waals surface area contributed by atoms with Gasteiger partial charge in [0.2, 0.25) is 0 Å². The van der Waals surface area contributed by atoms with E-state index in [0.29, 0.717) is 0 Å². The second kappa shape index (κ2) is 6.74. The summed E-state index contributed by atoms with van der Waals surface area (Å²) >= 11 is 0. The van der Waals surface area contributed by atoms with Crippen molar-refractivity contribution in [3.8, 4) is 5.75 Å². The number of methoxy groups -OCH3 is 1. The Morgan fingerprint density at radius 1 is 1.35 bits per heavy atom. The standard InChI is InChI=1S/C10H10O3.C4H8/c1-13-9-5-2-8(3-6-9)4-7-10(11)12;1-4-2-3-4/h2-7H,1H3,(H,11,12);4H,2-3H2,1H3/b7-4+;. The van der Waals surface area contributed by atoms with Crippen molar-refractivity contribution < 1.29 is 14.6 Å². The molecule has 1 aliphatic carbocycles. The number of carboxylic acid groups (broad SMARTS) is 1. The van der Waals surface area contributed by atoms with Gasteiger partial charge in [-0.1, -0.05) is 31.9 Å². The summed E-state index contributed by atoms with van der Waals surface area (Å²) in [6, 6.07) is 7.14. The van der Waals surface area contributed by atoms with E-state index in [1.807, 2.05) is 0 Å². The van der Waals surface area contributed by atoms with Gasteiger partial charge in [-0.05, 0) is 29.7 Å². The van der Waals surface area contributed by atoms with Crippen LogP contribution in [0.2, 0.25) is 0 Å². The van der Waals surface area contributed by atoms with Crippen molar-refractivity contribution in [2.75, 3.05) is 7.11 Å². The highest BCUT2D eigenvalue weighted by atomic mass is 16.5. The van der Waals surface area contributed by atoms with E-state index in [4.69, 9.17) is 9.84 Å². The monoisotopic (exact) mass is 234 g/mol. The maximum Gasteiger partial charge on any atom is 0.328 e. The molecule has 1 N–H and O–H groups in total. The van der Waals surface area contributed by atoms with Gasteiger partial charge >= 0.3 is 5.97 Å². The minimum Gasteiger partial charge on any atom is -0.497 e. The predicted octanol–water partition coefficient (Wildman–Crippen LogP) is 3.21. The van der Waals surface area contributed by atoms with Crippen LogP contribution in [0.4, 0.5) is 0 Å². The second-order valence-corrected chi connectivity index (χ2v) is 4.13. The quantitative estimate of drug-likeness (QED) is 0.817. The molecule has 3 nitrogen and oxygen atoms in total. The lowest BCUT2D eigenvalue weighted by atomic mass is 10.2. The van der Waals surface area contributed by atoms with Crippen LogP contribution in [0.1, 0.15) is 25.3 Å². The lowest BCUT2D eigenvalue weighted by Crippen LogP contribution is -1.86. The fraction of sp³-hybridized carbons (Fsp3) is 0.357. The van der Waals surface area contributed by atoms with Crippen LogP contribution in [-0.4, -0.2) is 18.2 Å². The molecule has 2 rings (SSSR count). The number of carboxylic acids is 1. The Morgan fingerprint density at radius 2 is 1.88 bits per heavy atom. The van der Waals surface area contributed by atoms with Crippen LogP contribution in [-0.2, 0) is 4.79 Å². The fourth-order valence-electron chi connectivity index (χ4n) is 1.05. The molecule has 1 aliphatic rings. The minimum absolute atomic E-state index is 0.757. The first-order valence-corrected chi connectivity index (χ1v) is 5.67. The summed E-state index contributed by atoms with van der Waals surface area (Å²) in [4.78, 5) is 10.2. The van der Waals surface area contributed by atoms with Gasteiger partial charge in [-0.15, -0.1) is 0 Å². The van der Waals surface area contributed by atoms with Gasteiger partial charge in [-0.3, -0.25) is 0 Å². The summed E-state index contributed by atoms with van der Waals surface area (Å²) in [5, 5.41) is 8.36. The Bertz CT molecular complexity index is 375. The van der Waals surface area contributed by atoms with Crippen LogP contribution in [0, 0.1) is 5.92 Å². The van der Waals surface area contributed by atoms with Crippen molar-refractivity contribution in [2.24, 2.45) is 5.92 Å². The van der Waals surface area contributed by atoms with Crippen molar-refractivity contribution in [3.05, 3.63) is 35.9 Å². The van der Waals surface area contributed by atoms with E-state index in [9.17, 15) is 4.79 Å². The van der Waals surface area contributed by atoms with Gasteiger partial charge in [0.15, 0.2) is 0 Å². The van der Waals surface area contributed by atoms with Crippen LogP contribution in [0.3, 0.4) is 0 Å². The molecule has 0 amide bonds. The van der Waals surface area contributed by atoms with Crippen LogP contribution >= 0.6 is 0 Å². The Kier molecular flexibility index (Phi) is 5.27. The number of aliphatic carboxylic acids is 1. The molecule has 0 aromatic heterocycles. The Hall–Kier alpha value is -1.77. The molecule has 1 aromatic carbocycles. The van der Waals surface area contributed by atoms with E-state index >= 15 is 0 Å². The zero-order valence-corrected chi connectivity index (χ0v) is 10.2. The molecule has 0 unspecified atom stereocenters. The molecule has 0 radical (unpaired) electrons. The third-order valence-corrected chi connectivity index (χ3v) is 2.40. The van der Waals surface area contributed by atoms with E-state index in [0.717, 1.165) is 23.3 Å². The Labute approximate surface area is 102 Å². The summed E-state index contributed by atoms with van der Waals surface area (Å²) in [6.45, 7) is 2.28. The number of hydrogen-bond donors (Lipinski definition) is 1. The molecule has 0 aliphatic heterocycles. The lowest BCUT2D eigenvalue weighted by molar-refractivity contribution is -0.131. The summed E-state index contributed by atoms with van der Waals surface area (Å²) in [5.74, 6) is 0.892. The summed E-state index contributed by atoms with van der Waals surface area (Å²) in [5.41, 5.74) is 0.836. The molecule has 0 atom stereocenters. The summed E-state index contributed by atoms with van der Waals surface area (Å²) in [7, 11) is 1.59. The van der Waals surface area contributed by atoms with Gasteiger partial charge in [-0.25, -0.2) is 4.79 Å². The van der Waals surface area contributed by atoms with E-state index in [2.05, 4.69) is 6.92 Å². The molecule has 17 heavy (non-hydrogen) atoms. The van der Waals surface area contributed by atoms with Gasteiger partial charge in [0.1, 0.15) is 5.75 Å². The normalized spacial score (nSPS) is 14.0. The van der Waals surface area contributed by atoms with Crippen molar-refractivity contribution in [1.29, 1.82) is 0 Å². The van der Waals surface area contributed by atoms with Gasteiger partial charge in [0.05, 0.1) is 7.11 Å². The van der Waals surface area contributed by atoms with E-state index in [1.165, 1.54) is 18.9 Å². The average molecular weight is 234 g/mol. The molecule has 92 valence electrons. The maximum absolute atomic E-state index is 10.2. The topological polar surface area (TPSA) is 46.5 Å². The van der Waals surface area contributed by atoms with Gasteiger partial charge < -0.3 is 9.84 Å². The molecule has 1 saturated carbocycles. The van der Waals surface area contributed by atoms with Gasteiger partial charge in [0, 0.05) is 6.08 Å². The largest absolute Gasteiger partial charge is 0.497 e. The number of rotatable bonds is 3. The highest BCUT2D eigenvalue weighted by Gasteiger charge is 2.12. The summed E-state index contributed by atoms with van der Waals surface area (Å²) < 4.78 is 4.95. The van der Waals surface area contributed by atoms with Gasteiger partial charge in [-0.2, -0.15) is 0 Å². The number of hydrogen-bond acceptors (Lipinski definition) is 2. The Balaban J connectivity index is 0.000000302. The molecule has 0 saturated heterocycles. The van der Waals surface area contributed by atoms with Crippen molar-refractivity contribution in [1.82, 2.24) is 0 Å². The second-order valence-electron chi connectivity index (χ2n) is 4.13. The molecular formula is C14H18O3. The maximum atomic E-state index is 10.2. The van der Waals surface area contributed by atoms with Gasteiger partial charge in [0.25, 0.3) is 0 Å². The fourth-order valence-corrected chi connectivity index (χ4v) is 1.05. The third-order valence-electron chi connectivity index (χ3n) is 2.40. The lowest BCUT2D eigenvalue weighted by Gasteiger charge is -1.98. The van der Waals surface area contributed by atoms with E-state index in [1.54, 1.807) is 31.4 Å². The predicted molar refractivity (Wildman–Crippen MR) is 68.1 cm³/mol. The van der Waals surface area contributed by atoms with E-state index in [-0.39, 0.29) is 0 Å². The highest BCUT2D eigenvalue weighted by molar-refractivity contribution is 5.85. The number of ether oxygens (including phenoxy) is 1. The first kappa shape index (κ1) is 13.3. The smallest absolute Gasteiger partial charge is 0.328 e. The summed E-state index contributed by atoms with van der Waals surface area (Å²) in [6.07, 6.45) is 5.60. The zero-order valence-electron chi connectivity index (χ0n) is 10.2. The molecular weight excluding hydrogens is 216 g/mol. The molecule has 3 heteroatoms. The average Bonchev–Trinajstić information content (AvgIpc) is 3.10. The highest BCUT2D eigenvalue weighted by Crippen LogP contribution is 2.26. The molecule has 1 fully saturated rings. The zero-order chi connectivity index (χ0) is 12.7. The van der Waals surface area contributed by atoms with Crippen molar-refractivity contribution >= 4 is 12.0 Å². The first-order chi connectivity index (χ1) is 8.11. The van der Waals surface area contributed by atoms with Crippen LogP contribution in [0.5, 0.6) is 5.75 Å². The SMILES string of the molecule is CC1CC1.COc1ccc(/C=C/C(=O)O)cc1.